The number of thiophene rings is 1. The lowest BCUT2D eigenvalue weighted by Gasteiger charge is -2.12. The SMILES string of the molecule is CCOC(=O)c1c(NC(=O)CSc2nnc(C(C)C)n2C)sc2c1CCCC2. The van der Waals surface area contributed by atoms with Gasteiger partial charge in [-0.3, -0.25) is 4.79 Å². The minimum absolute atomic E-state index is 0.164. The summed E-state index contributed by atoms with van der Waals surface area (Å²) in [4.78, 5) is 26.2. The molecule has 2 aromatic rings. The Balaban J connectivity index is 1.71. The highest BCUT2D eigenvalue weighted by molar-refractivity contribution is 7.99. The van der Waals surface area contributed by atoms with Crippen LogP contribution in [0.3, 0.4) is 0 Å². The van der Waals surface area contributed by atoms with Crippen LogP contribution < -0.4 is 5.32 Å². The summed E-state index contributed by atoms with van der Waals surface area (Å²) in [5.74, 6) is 0.848. The number of carbonyl (C=O) groups is 2. The number of ether oxygens (including phenoxy) is 1. The smallest absolute Gasteiger partial charge is 0.341 e. The summed E-state index contributed by atoms with van der Waals surface area (Å²) in [6.45, 7) is 6.22. The van der Waals surface area contributed by atoms with Crippen LogP contribution in [-0.2, 0) is 29.4 Å². The zero-order valence-corrected chi connectivity index (χ0v) is 18.3. The number of rotatable bonds is 7. The Morgan fingerprint density at radius 1 is 1.29 bits per heavy atom. The first kappa shape index (κ1) is 20.9. The maximum atomic E-state index is 12.5. The molecule has 7 nitrogen and oxygen atoms in total. The average Bonchev–Trinajstić information content (AvgIpc) is 3.20. The number of fused-ring (bicyclic) bond motifs is 1. The Kier molecular flexibility index (Phi) is 6.77. The van der Waals surface area contributed by atoms with E-state index >= 15 is 0 Å². The van der Waals surface area contributed by atoms with E-state index in [1.165, 1.54) is 28.0 Å². The van der Waals surface area contributed by atoms with Crippen LogP contribution in [0, 0.1) is 0 Å². The number of nitrogens with zero attached hydrogens (tertiary/aromatic N) is 3. The number of anilines is 1. The molecule has 1 amide bonds. The molecule has 0 saturated carbocycles. The van der Waals surface area contributed by atoms with Crippen LogP contribution in [0.25, 0.3) is 0 Å². The van der Waals surface area contributed by atoms with Crippen LogP contribution in [0.4, 0.5) is 5.00 Å². The Morgan fingerprint density at radius 3 is 2.71 bits per heavy atom. The number of amides is 1. The molecule has 0 radical (unpaired) electrons. The fraction of sp³-hybridized carbons (Fsp3) is 0.579. The molecule has 0 aliphatic heterocycles. The van der Waals surface area contributed by atoms with Gasteiger partial charge in [-0.2, -0.15) is 0 Å². The average molecular weight is 423 g/mol. The minimum Gasteiger partial charge on any atom is -0.462 e. The van der Waals surface area contributed by atoms with Gasteiger partial charge in [0.25, 0.3) is 0 Å². The number of esters is 1. The maximum absolute atomic E-state index is 12.5. The summed E-state index contributed by atoms with van der Waals surface area (Å²) in [6.07, 6.45) is 3.99. The second kappa shape index (κ2) is 9.09. The van der Waals surface area contributed by atoms with Crippen molar-refractivity contribution in [2.45, 2.75) is 57.5 Å². The molecule has 2 aromatic heterocycles. The molecule has 2 heterocycles. The van der Waals surface area contributed by atoms with Crippen molar-refractivity contribution in [3.05, 3.63) is 21.8 Å². The molecular weight excluding hydrogens is 396 g/mol. The van der Waals surface area contributed by atoms with E-state index in [1.54, 1.807) is 6.92 Å². The van der Waals surface area contributed by atoms with Crippen molar-refractivity contribution in [2.24, 2.45) is 7.05 Å². The molecular formula is C19H26N4O3S2. The third-order valence-corrected chi connectivity index (χ3v) is 6.85. The topological polar surface area (TPSA) is 86.1 Å². The summed E-state index contributed by atoms with van der Waals surface area (Å²) in [5.41, 5.74) is 1.59. The molecule has 0 fully saturated rings. The number of thioether (sulfide) groups is 1. The number of hydrogen-bond acceptors (Lipinski definition) is 7. The van der Waals surface area contributed by atoms with E-state index in [0.717, 1.165) is 37.1 Å². The highest BCUT2D eigenvalue weighted by Gasteiger charge is 2.27. The molecule has 1 aliphatic carbocycles. The fourth-order valence-corrected chi connectivity index (χ4v) is 5.33. The highest BCUT2D eigenvalue weighted by atomic mass is 32.2. The van der Waals surface area contributed by atoms with Gasteiger partial charge in [-0.15, -0.1) is 21.5 Å². The molecule has 1 N–H and O–H groups in total. The van der Waals surface area contributed by atoms with Gasteiger partial charge in [-0.05, 0) is 38.2 Å². The van der Waals surface area contributed by atoms with E-state index in [-0.39, 0.29) is 23.5 Å². The van der Waals surface area contributed by atoms with E-state index in [0.29, 0.717) is 22.3 Å². The van der Waals surface area contributed by atoms with E-state index in [4.69, 9.17) is 4.74 Å². The molecule has 152 valence electrons. The number of carbonyl (C=O) groups excluding carboxylic acids is 2. The predicted octanol–water partition coefficient (Wildman–Crippen LogP) is 3.79. The minimum atomic E-state index is -0.347. The van der Waals surface area contributed by atoms with E-state index in [9.17, 15) is 9.59 Å². The van der Waals surface area contributed by atoms with Crippen molar-refractivity contribution in [2.75, 3.05) is 17.7 Å². The Labute approximate surface area is 173 Å². The number of hydrogen-bond donors (Lipinski definition) is 1. The zero-order valence-electron chi connectivity index (χ0n) is 16.7. The first-order valence-corrected chi connectivity index (χ1v) is 11.4. The van der Waals surface area contributed by atoms with Gasteiger partial charge >= 0.3 is 5.97 Å². The summed E-state index contributed by atoms with van der Waals surface area (Å²) < 4.78 is 7.15. The van der Waals surface area contributed by atoms with Crippen LogP contribution in [0.2, 0.25) is 0 Å². The van der Waals surface area contributed by atoms with Gasteiger partial charge < -0.3 is 14.6 Å². The van der Waals surface area contributed by atoms with Crippen molar-refractivity contribution < 1.29 is 14.3 Å². The Hall–Kier alpha value is -1.87. The highest BCUT2D eigenvalue weighted by Crippen LogP contribution is 2.38. The monoisotopic (exact) mass is 422 g/mol. The predicted molar refractivity (Wildman–Crippen MR) is 111 cm³/mol. The van der Waals surface area contributed by atoms with Crippen molar-refractivity contribution in [3.63, 3.8) is 0 Å². The second-order valence-electron chi connectivity index (χ2n) is 7.03. The first-order valence-electron chi connectivity index (χ1n) is 9.55. The molecule has 3 rings (SSSR count). The summed E-state index contributed by atoms with van der Waals surface area (Å²) >= 11 is 2.84. The van der Waals surface area contributed by atoms with Crippen molar-refractivity contribution >= 4 is 40.0 Å². The van der Waals surface area contributed by atoms with Gasteiger partial charge in [0.05, 0.1) is 17.9 Å². The van der Waals surface area contributed by atoms with Gasteiger partial charge in [0.2, 0.25) is 5.91 Å². The number of nitrogens with one attached hydrogen (secondary N) is 1. The third kappa shape index (κ3) is 4.41. The summed E-state index contributed by atoms with van der Waals surface area (Å²) in [5, 5.41) is 12.6. The van der Waals surface area contributed by atoms with Gasteiger partial charge in [0.15, 0.2) is 5.16 Å². The second-order valence-corrected chi connectivity index (χ2v) is 9.07. The summed E-state index contributed by atoms with van der Waals surface area (Å²) in [6, 6.07) is 0. The number of aromatic nitrogens is 3. The molecule has 0 aromatic carbocycles. The van der Waals surface area contributed by atoms with Gasteiger partial charge in [-0.25, -0.2) is 4.79 Å². The lowest BCUT2D eigenvalue weighted by molar-refractivity contribution is -0.113. The molecule has 28 heavy (non-hydrogen) atoms. The van der Waals surface area contributed by atoms with Gasteiger partial charge in [0.1, 0.15) is 10.8 Å². The normalized spacial score (nSPS) is 13.5. The third-order valence-electron chi connectivity index (χ3n) is 4.62. The number of aryl methyl sites for hydroxylation is 1. The van der Waals surface area contributed by atoms with Crippen LogP contribution in [0.5, 0.6) is 0 Å². The largest absolute Gasteiger partial charge is 0.462 e. The standard InChI is InChI=1S/C19H26N4O3S2/c1-5-26-18(25)15-12-8-6-7-9-13(12)28-17(15)20-14(24)10-27-19-22-21-16(11(2)3)23(19)4/h11H,5-10H2,1-4H3,(H,20,24). The van der Waals surface area contributed by atoms with Gasteiger partial charge in [0, 0.05) is 17.8 Å². The van der Waals surface area contributed by atoms with Crippen LogP contribution in [0.15, 0.2) is 5.16 Å². The Morgan fingerprint density at radius 2 is 2.04 bits per heavy atom. The van der Waals surface area contributed by atoms with Crippen molar-refractivity contribution in [1.29, 1.82) is 0 Å². The van der Waals surface area contributed by atoms with E-state index < -0.39 is 0 Å². The molecule has 0 saturated heterocycles. The Bertz CT molecular complexity index is 873. The maximum Gasteiger partial charge on any atom is 0.341 e. The zero-order chi connectivity index (χ0) is 20.3. The molecule has 0 spiro atoms. The molecule has 9 heteroatoms. The van der Waals surface area contributed by atoms with Crippen LogP contribution in [-0.4, -0.2) is 39.0 Å². The molecule has 1 aliphatic rings. The van der Waals surface area contributed by atoms with Crippen LogP contribution in [0.1, 0.15) is 66.2 Å². The summed E-state index contributed by atoms with van der Waals surface area (Å²) in [7, 11) is 1.90. The molecule has 0 unspecified atom stereocenters. The van der Waals surface area contributed by atoms with Crippen molar-refractivity contribution in [1.82, 2.24) is 14.8 Å². The van der Waals surface area contributed by atoms with Crippen molar-refractivity contribution in [3.8, 4) is 0 Å². The van der Waals surface area contributed by atoms with Gasteiger partial charge in [-0.1, -0.05) is 25.6 Å². The van der Waals surface area contributed by atoms with E-state index in [1.807, 2.05) is 11.6 Å². The lowest BCUT2D eigenvalue weighted by Crippen LogP contribution is -2.17. The van der Waals surface area contributed by atoms with Crippen LogP contribution >= 0.6 is 23.1 Å². The lowest BCUT2D eigenvalue weighted by atomic mass is 9.95. The molecule has 0 atom stereocenters. The van der Waals surface area contributed by atoms with E-state index in [2.05, 4.69) is 29.4 Å². The molecule has 0 bridgehead atoms. The quantitative estimate of drug-likeness (QED) is 0.540. The first-order chi connectivity index (χ1) is 13.4. The fourth-order valence-electron chi connectivity index (χ4n) is 3.32.